The number of piperazine rings is 1. The average molecular weight is 450 g/mol. The number of rotatable bonds is 7. The predicted molar refractivity (Wildman–Crippen MR) is 122 cm³/mol. The van der Waals surface area contributed by atoms with Gasteiger partial charge in [0.25, 0.3) is 5.56 Å². The van der Waals surface area contributed by atoms with Gasteiger partial charge in [0, 0.05) is 45.1 Å². The molecule has 172 valence electrons. The second-order valence-corrected chi connectivity index (χ2v) is 8.64. The van der Waals surface area contributed by atoms with Crippen LogP contribution in [-0.4, -0.2) is 80.1 Å². The van der Waals surface area contributed by atoms with Crippen LogP contribution in [0.1, 0.15) is 25.1 Å². The second-order valence-electron chi connectivity index (χ2n) is 8.64. The first-order valence-electron chi connectivity index (χ1n) is 11.4. The summed E-state index contributed by atoms with van der Waals surface area (Å²) in [5.74, 6) is 0.558. The molecule has 10 nitrogen and oxygen atoms in total. The number of aryl methyl sites for hydroxylation is 1. The Labute approximate surface area is 190 Å². The summed E-state index contributed by atoms with van der Waals surface area (Å²) < 4.78 is 1.63. The van der Waals surface area contributed by atoms with Gasteiger partial charge in [0.05, 0.1) is 18.4 Å². The van der Waals surface area contributed by atoms with E-state index in [-0.39, 0.29) is 23.8 Å². The minimum atomic E-state index is -0.261. The Balaban J connectivity index is 1.18. The lowest BCUT2D eigenvalue weighted by atomic mass is 10.2. The summed E-state index contributed by atoms with van der Waals surface area (Å²) in [6.07, 6.45) is 4.27. The minimum absolute atomic E-state index is 0.0244. The van der Waals surface area contributed by atoms with Crippen molar-refractivity contribution in [1.82, 2.24) is 34.9 Å². The zero-order valence-electron chi connectivity index (χ0n) is 18.4. The Kier molecular flexibility index (Phi) is 5.91. The number of carbonyl (C=O) groups excluding carboxylic acids is 2. The quantitative estimate of drug-likeness (QED) is 0.542. The first kappa shape index (κ1) is 21.3. The van der Waals surface area contributed by atoms with Crippen LogP contribution in [0.3, 0.4) is 0 Å². The molecule has 1 saturated heterocycles. The first-order chi connectivity index (χ1) is 16.1. The summed E-state index contributed by atoms with van der Waals surface area (Å²) in [7, 11) is 0. The molecule has 2 aromatic heterocycles. The van der Waals surface area contributed by atoms with E-state index in [0.29, 0.717) is 62.0 Å². The molecule has 1 saturated carbocycles. The molecule has 2 amide bonds. The van der Waals surface area contributed by atoms with Gasteiger partial charge in [0.2, 0.25) is 11.8 Å². The van der Waals surface area contributed by atoms with Gasteiger partial charge in [-0.3, -0.25) is 19.3 Å². The van der Waals surface area contributed by atoms with Crippen molar-refractivity contribution in [3.05, 3.63) is 52.7 Å². The Morgan fingerprint density at radius 1 is 1.09 bits per heavy atom. The molecule has 0 radical (unpaired) electrons. The highest BCUT2D eigenvalue weighted by Gasteiger charge is 2.26. The molecule has 0 unspecified atom stereocenters. The zero-order valence-corrected chi connectivity index (χ0v) is 18.4. The van der Waals surface area contributed by atoms with E-state index in [1.165, 1.54) is 6.20 Å². The standard InChI is InChI=1S/C23H27N7O3/c31-20(25-16-6-7-16)15-28-10-12-29(13-11-28)21(32)9-8-19-26-22-18(23(33)27-19)14-24-30(22)17-4-2-1-3-5-17/h1-5,14,16H,6-13,15H2,(H,25,31)(H,26,27,33). The molecule has 3 heterocycles. The molecule has 0 bridgehead atoms. The number of carbonyl (C=O) groups is 2. The van der Waals surface area contributed by atoms with Crippen molar-refractivity contribution < 1.29 is 9.59 Å². The Morgan fingerprint density at radius 3 is 2.58 bits per heavy atom. The smallest absolute Gasteiger partial charge is 0.262 e. The summed E-state index contributed by atoms with van der Waals surface area (Å²) in [6.45, 7) is 2.94. The molecule has 5 rings (SSSR count). The van der Waals surface area contributed by atoms with Gasteiger partial charge in [-0.2, -0.15) is 5.10 Å². The van der Waals surface area contributed by atoms with Crippen LogP contribution in [0.4, 0.5) is 0 Å². The molecule has 3 aromatic rings. The van der Waals surface area contributed by atoms with Gasteiger partial charge >= 0.3 is 0 Å². The number of hydrogen-bond acceptors (Lipinski definition) is 6. The van der Waals surface area contributed by atoms with Crippen molar-refractivity contribution in [3.63, 3.8) is 0 Å². The lowest BCUT2D eigenvalue weighted by Crippen LogP contribution is -2.51. The molecule has 2 fully saturated rings. The third kappa shape index (κ3) is 4.95. The minimum Gasteiger partial charge on any atom is -0.352 e. The van der Waals surface area contributed by atoms with Crippen molar-refractivity contribution in [1.29, 1.82) is 0 Å². The first-order valence-corrected chi connectivity index (χ1v) is 11.4. The van der Waals surface area contributed by atoms with E-state index in [4.69, 9.17) is 0 Å². The molecule has 33 heavy (non-hydrogen) atoms. The van der Waals surface area contributed by atoms with Crippen LogP contribution in [0.2, 0.25) is 0 Å². The van der Waals surface area contributed by atoms with Crippen molar-refractivity contribution in [2.75, 3.05) is 32.7 Å². The van der Waals surface area contributed by atoms with Crippen LogP contribution in [0.15, 0.2) is 41.3 Å². The number of benzene rings is 1. The number of hydrogen-bond donors (Lipinski definition) is 2. The van der Waals surface area contributed by atoms with E-state index in [2.05, 4.69) is 25.3 Å². The highest BCUT2D eigenvalue weighted by atomic mass is 16.2. The maximum Gasteiger partial charge on any atom is 0.262 e. The van der Waals surface area contributed by atoms with Gasteiger partial charge in [-0.25, -0.2) is 9.67 Å². The van der Waals surface area contributed by atoms with E-state index in [1.807, 2.05) is 35.2 Å². The van der Waals surface area contributed by atoms with Crippen molar-refractivity contribution in [3.8, 4) is 5.69 Å². The van der Waals surface area contributed by atoms with E-state index in [1.54, 1.807) is 4.68 Å². The molecular weight excluding hydrogens is 422 g/mol. The molecule has 1 aromatic carbocycles. The van der Waals surface area contributed by atoms with Gasteiger partial charge in [-0.15, -0.1) is 0 Å². The third-order valence-electron chi connectivity index (χ3n) is 6.10. The lowest BCUT2D eigenvalue weighted by Gasteiger charge is -2.34. The Hall–Kier alpha value is -3.53. The fourth-order valence-corrected chi connectivity index (χ4v) is 4.08. The molecule has 2 aliphatic rings. The van der Waals surface area contributed by atoms with Gasteiger partial charge < -0.3 is 15.2 Å². The third-order valence-corrected chi connectivity index (χ3v) is 6.10. The van der Waals surface area contributed by atoms with Gasteiger partial charge in [-0.1, -0.05) is 18.2 Å². The highest BCUT2D eigenvalue weighted by molar-refractivity contribution is 5.79. The van der Waals surface area contributed by atoms with Crippen LogP contribution < -0.4 is 10.9 Å². The topological polar surface area (TPSA) is 116 Å². The molecule has 1 aliphatic carbocycles. The Bertz CT molecular complexity index is 1210. The van der Waals surface area contributed by atoms with Crippen LogP contribution in [0, 0.1) is 0 Å². The van der Waals surface area contributed by atoms with Crippen LogP contribution in [-0.2, 0) is 16.0 Å². The second kappa shape index (κ2) is 9.14. The monoisotopic (exact) mass is 449 g/mol. The fourth-order valence-electron chi connectivity index (χ4n) is 4.08. The average Bonchev–Trinajstić information content (AvgIpc) is 3.53. The zero-order chi connectivity index (χ0) is 22.8. The molecule has 10 heteroatoms. The van der Waals surface area contributed by atoms with Crippen LogP contribution in [0.5, 0.6) is 0 Å². The molecule has 2 N–H and O–H groups in total. The summed E-state index contributed by atoms with van der Waals surface area (Å²) in [5.41, 5.74) is 1.03. The normalized spacial score (nSPS) is 16.8. The van der Waals surface area contributed by atoms with Gasteiger partial charge in [0.1, 0.15) is 11.2 Å². The van der Waals surface area contributed by atoms with Crippen LogP contribution in [0.25, 0.3) is 16.7 Å². The van der Waals surface area contributed by atoms with Crippen molar-refractivity contribution >= 4 is 22.8 Å². The largest absolute Gasteiger partial charge is 0.352 e. The van der Waals surface area contributed by atoms with Crippen molar-refractivity contribution in [2.45, 2.75) is 31.7 Å². The van der Waals surface area contributed by atoms with Crippen LogP contribution >= 0.6 is 0 Å². The fraction of sp³-hybridized carbons (Fsp3) is 0.435. The number of amides is 2. The number of nitrogens with zero attached hydrogens (tertiary/aromatic N) is 5. The SMILES string of the molecule is O=C(CN1CCN(C(=O)CCc2nc3c(cnn3-c3ccccc3)c(=O)[nH]2)CC1)NC1CC1. The maximum atomic E-state index is 12.7. The molecule has 1 aliphatic heterocycles. The number of aromatic nitrogens is 4. The predicted octanol–water partition coefficient (Wildman–Crippen LogP) is 0.464. The number of H-pyrrole nitrogens is 1. The summed E-state index contributed by atoms with van der Waals surface area (Å²) in [6, 6.07) is 9.87. The maximum absolute atomic E-state index is 12.7. The Morgan fingerprint density at radius 2 is 1.85 bits per heavy atom. The molecule has 0 atom stereocenters. The lowest BCUT2D eigenvalue weighted by molar-refractivity contribution is -0.133. The summed E-state index contributed by atoms with van der Waals surface area (Å²) in [5, 5.41) is 7.72. The molecule has 0 spiro atoms. The molecular formula is C23H27N7O3. The van der Waals surface area contributed by atoms with E-state index in [0.717, 1.165) is 18.5 Å². The number of para-hydroxylation sites is 1. The van der Waals surface area contributed by atoms with E-state index < -0.39 is 0 Å². The number of nitrogens with one attached hydrogen (secondary N) is 2. The summed E-state index contributed by atoms with van der Waals surface area (Å²) in [4.78, 5) is 48.5. The van der Waals surface area contributed by atoms with E-state index >= 15 is 0 Å². The van der Waals surface area contributed by atoms with Crippen molar-refractivity contribution in [2.24, 2.45) is 0 Å². The summed E-state index contributed by atoms with van der Waals surface area (Å²) >= 11 is 0. The van der Waals surface area contributed by atoms with Gasteiger partial charge in [0.15, 0.2) is 5.65 Å². The number of fused-ring (bicyclic) bond motifs is 1. The van der Waals surface area contributed by atoms with E-state index in [9.17, 15) is 14.4 Å². The highest BCUT2D eigenvalue weighted by Crippen LogP contribution is 2.18. The van der Waals surface area contributed by atoms with Gasteiger partial charge in [-0.05, 0) is 25.0 Å². The number of aromatic amines is 1.